The van der Waals surface area contributed by atoms with E-state index in [9.17, 15) is 22.8 Å². The number of amides is 3. The van der Waals surface area contributed by atoms with Gasteiger partial charge in [-0.05, 0) is 67.8 Å². The number of aromatic amines is 1. The molecule has 3 N–H and O–H groups in total. The Morgan fingerprint density at radius 3 is 2.35 bits per heavy atom. The number of alkyl halides is 3. The molecular formula is C41H36Cl2F3N7O2. The summed E-state index contributed by atoms with van der Waals surface area (Å²) in [4.78, 5) is 39.0. The van der Waals surface area contributed by atoms with Crippen LogP contribution in [0.15, 0.2) is 97.3 Å². The van der Waals surface area contributed by atoms with Gasteiger partial charge in [0.25, 0.3) is 5.91 Å². The number of piperidine rings is 1. The molecule has 2 aliphatic heterocycles. The molecule has 0 radical (unpaired) electrons. The highest BCUT2D eigenvalue weighted by Crippen LogP contribution is 2.43. The zero-order valence-electron chi connectivity index (χ0n) is 29.6. The van der Waals surface area contributed by atoms with Crippen molar-refractivity contribution in [2.75, 3.05) is 36.4 Å². The van der Waals surface area contributed by atoms with E-state index in [2.05, 4.69) is 15.6 Å². The van der Waals surface area contributed by atoms with E-state index >= 15 is 0 Å². The quantitative estimate of drug-likeness (QED) is 0.143. The lowest BCUT2D eigenvalue weighted by molar-refractivity contribution is -0.137. The summed E-state index contributed by atoms with van der Waals surface area (Å²) in [7, 11) is 0. The minimum absolute atomic E-state index is 0.0193. The SMILES string of the molecule is CC(c1ccc(Cl)cc1)n1cnc(-c2ccccc2)c1-c1c(C(=O)Nc2cc(C(F)(F)F)ccc2N2CCC(N3CCNC3=O)CC2)[nH]c2cc(Cl)ccc12. The molecule has 4 aromatic carbocycles. The summed E-state index contributed by atoms with van der Waals surface area (Å²) >= 11 is 12.7. The van der Waals surface area contributed by atoms with Gasteiger partial charge in [-0.3, -0.25) is 4.79 Å². The van der Waals surface area contributed by atoms with E-state index in [0.717, 1.165) is 23.3 Å². The monoisotopic (exact) mass is 785 g/mol. The van der Waals surface area contributed by atoms with Crippen LogP contribution in [0.4, 0.5) is 29.3 Å². The van der Waals surface area contributed by atoms with Crippen LogP contribution in [-0.2, 0) is 6.18 Å². The smallest absolute Gasteiger partial charge is 0.370 e. The number of hydrogen-bond donors (Lipinski definition) is 3. The summed E-state index contributed by atoms with van der Waals surface area (Å²) in [5.74, 6) is -0.641. The highest BCUT2D eigenvalue weighted by molar-refractivity contribution is 6.31. The number of fused-ring (bicyclic) bond motifs is 1. The first-order valence-corrected chi connectivity index (χ1v) is 18.7. The maximum atomic E-state index is 14.7. The van der Waals surface area contributed by atoms with E-state index in [1.807, 2.05) is 82.0 Å². The highest BCUT2D eigenvalue weighted by Gasteiger charge is 2.35. The Kier molecular flexibility index (Phi) is 9.72. The molecule has 1 atom stereocenters. The Bertz CT molecular complexity index is 2390. The predicted octanol–water partition coefficient (Wildman–Crippen LogP) is 9.88. The standard InChI is InChI=1S/C41H36Cl2F3N7O2/c1-24(25-7-10-28(42)11-8-25)53-23-48-36(26-5-3-2-4-6-26)38(53)35-31-13-12-29(43)22-32(31)49-37(35)39(54)50-33-21-27(41(44,45)46)9-14-34(33)51-18-15-30(16-19-51)52-20-17-47-40(52)55/h2-14,21-24,30,49H,15-20H2,1H3,(H,47,55)(H,50,54). The zero-order valence-corrected chi connectivity index (χ0v) is 31.1. The van der Waals surface area contributed by atoms with Gasteiger partial charge in [0, 0.05) is 64.3 Å². The number of halogens is 5. The molecule has 0 saturated carbocycles. The van der Waals surface area contributed by atoms with Gasteiger partial charge in [-0.15, -0.1) is 0 Å². The number of aromatic nitrogens is 3. The van der Waals surface area contributed by atoms with Crippen LogP contribution in [0.1, 0.15) is 47.4 Å². The summed E-state index contributed by atoms with van der Waals surface area (Å²) in [6.45, 7) is 4.20. The van der Waals surface area contributed by atoms with Crippen LogP contribution in [0.3, 0.4) is 0 Å². The molecule has 2 aromatic heterocycles. The molecular weight excluding hydrogens is 750 g/mol. The normalized spacial score (nSPS) is 15.8. The van der Waals surface area contributed by atoms with Gasteiger partial charge >= 0.3 is 12.2 Å². The summed E-state index contributed by atoms with van der Waals surface area (Å²) < 4.78 is 44.5. The number of carbonyl (C=O) groups is 2. The average Bonchev–Trinajstić information content (AvgIpc) is 3.91. The van der Waals surface area contributed by atoms with Gasteiger partial charge < -0.3 is 30.0 Å². The summed E-state index contributed by atoms with van der Waals surface area (Å²) in [5, 5.41) is 7.41. The van der Waals surface area contributed by atoms with Crippen LogP contribution in [0, 0.1) is 0 Å². The largest absolute Gasteiger partial charge is 0.416 e. The second-order valence-corrected chi connectivity index (χ2v) is 14.7. The number of imidazole rings is 1. The molecule has 9 nitrogen and oxygen atoms in total. The molecule has 6 aromatic rings. The van der Waals surface area contributed by atoms with Crippen LogP contribution in [-0.4, -0.2) is 63.6 Å². The number of urea groups is 1. The lowest BCUT2D eigenvalue weighted by Crippen LogP contribution is -2.46. The van der Waals surface area contributed by atoms with Gasteiger partial charge in [0.2, 0.25) is 0 Å². The third-order valence-electron chi connectivity index (χ3n) is 10.5. The van der Waals surface area contributed by atoms with Gasteiger partial charge in [-0.1, -0.05) is 71.7 Å². The Morgan fingerprint density at radius 1 is 0.927 bits per heavy atom. The zero-order chi connectivity index (χ0) is 38.4. The first-order valence-electron chi connectivity index (χ1n) is 18.0. The molecule has 0 spiro atoms. The Balaban J connectivity index is 1.23. The fourth-order valence-corrected chi connectivity index (χ4v) is 8.02. The number of hydrogen-bond acceptors (Lipinski definition) is 4. The number of H-pyrrole nitrogens is 1. The van der Waals surface area contributed by atoms with E-state index in [1.54, 1.807) is 18.5 Å². The Morgan fingerprint density at radius 2 is 1.65 bits per heavy atom. The van der Waals surface area contributed by atoms with Gasteiger partial charge in [-0.25, -0.2) is 9.78 Å². The van der Waals surface area contributed by atoms with Crippen LogP contribution >= 0.6 is 23.2 Å². The van der Waals surface area contributed by atoms with Crippen LogP contribution in [0.25, 0.3) is 33.4 Å². The molecule has 1 unspecified atom stereocenters. The molecule has 8 rings (SSSR count). The van der Waals surface area contributed by atoms with Crippen molar-refractivity contribution in [2.24, 2.45) is 0 Å². The molecule has 55 heavy (non-hydrogen) atoms. The van der Waals surface area contributed by atoms with Crippen molar-refractivity contribution in [3.63, 3.8) is 0 Å². The Hall–Kier alpha value is -5.46. The van der Waals surface area contributed by atoms with Crippen molar-refractivity contribution >= 4 is 57.4 Å². The summed E-state index contributed by atoms with van der Waals surface area (Å²) in [6, 6.07) is 25.4. The lowest BCUT2D eigenvalue weighted by Gasteiger charge is -2.38. The minimum atomic E-state index is -4.65. The van der Waals surface area contributed by atoms with E-state index in [0.29, 0.717) is 82.6 Å². The van der Waals surface area contributed by atoms with Gasteiger partial charge in [-0.2, -0.15) is 13.2 Å². The molecule has 4 heterocycles. The first-order chi connectivity index (χ1) is 26.5. The maximum absolute atomic E-state index is 14.7. The van der Waals surface area contributed by atoms with Gasteiger partial charge in [0.05, 0.1) is 40.7 Å². The van der Waals surface area contributed by atoms with E-state index < -0.39 is 17.6 Å². The fourth-order valence-electron chi connectivity index (χ4n) is 7.72. The van der Waals surface area contributed by atoms with Gasteiger partial charge in [0.15, 0.2) is 0 Å². The topological polar surface area (TPSA) is 98.3 Å². The maximum Gasteiger partial charge on any atom is 0.416 e. The summed E-state index contributed by atoms with van der Waals surface area (Å²) in [5.41, 5.74) is 3.79. The van der Waals surface area contributed by atoms with Crippen molar-refractivity contribution in [2.45, 2.75) is 38.0 Å². The van der Waals surface area contributed by atoms with E-state index in [4.69, 9.17) is 28.2 Å². The highest BCUT2D eigenvalue weighted by atomic mass is 35.5. The number of nitrogens with zero attached hydrogens (tertiary/aromatic N) is 4. The fraction of sp³-hybridized carbons (Fsp3) is 0.244. The number of benzene rings is 4. The van der Waals surface area contributed by atoms with E-state index in [1.165, 1.54) is 6.07 Å². The van der Waals surface area contributed by atoms with Crippen LogP contribution < -0.4 is 15.5 Å². The third-order valence-corrected chi connectivity index (χ3v) is 11.0. The average molecular weight is 787 g/mol. The van der Waals surface area contributed by atoms with Crippen molar-refractivity contribution in [3.05, 3.63) is 124 Å². The molecule has 282 valence electrons. The molecule has 0 bridgehead atoms. The second-order valence-electron chi connectivity index (χ2n) is 13.8. The molecule has 14 heteroatoms. The van der Waals surface area contributed by atoms with Crippen molar-refractivity contribution in [3.8, 4) is 22.5 Å². The van der Waals surface area contributed by atoms with Crippen molar-refractivity contribution in [1.82, 2.24) is 24.8 Å². The minimum Gasteiger partial charge on any atom is -0.370 e. The molecule has 0 aliphatic carbocycles. The lowest BCUT2D eigenvalue weighted by atomic mass is 9.99. The number of carbonyl (C=O) groups excluding carboxylic acids is 2. The molecule has 2 fully saturated rings. The molecule has 2 saturated heterocycles. The molecule has 3 amide bonds. The second kappa shape index (κ2) is 14.6. The first kappa shape index (κ1) is 36.5. The van der Waals surface area contributed by atoms with Crippen LogP contribution in [0.2, 0.25) is 10.0 Å². The van der Waals surface area contributed by atoms with Crippen LogP contribution in [0.5, 0.6) is 0 Å². The number of nitrogens with one attached hydrogen (secondary N) is 3. The summed E-state index contributed by atoms with van der Waals surface area (Å²) in [6.07, 6.45) is -1.65. The number of anilines is 2. The predicted molar refractivity (Wildman–Crippen MR) is 210 cm³/mol. The van der Waals surface area contributed by atoms with Crippen molar-refractivity contribution < 1.29 is 22.8 Å². The number of rotatable bonds is 8. The van der Waals surface area contributed by atoms with Crippen molar-refractivity contribution in [1.29, 1.82) is 0 Å². The Labute approximate surface area is 325 Å². The third kappa shape index (κ3) is 7.12. The van der Waals surface area contributed by atoms with E-state index in [-0.39, 0.29) is 29.5 Å². The van der Waals surface area contributed by atoms with Gasteiger partial charge in [0.1, 0.15) is 5.69 Å². The molecule has 2 aliphatic rings.